The maximum Gasteiger partial charge on any atom is 0.187 e. The van der Waals surface area contributed by atoms with E-state index in [1.54, 1.807) is 12.1 Å². The van der Waals surface area contributed by atoms with Crippen molar-refractivity contribution in [1.29, 1.82) is 10.5 Å². The molecule has 0 spiro atoms. The lowest BCUT2D eigenvalue weighted by Crippen LogP contribution is -1.88. The summed E-state index contributed by atoms with van der Waals surface area (Å²) >= 11 is 1.02. The lowest BCUT2D eigenvalue weighted by Gasteiger charge is -1.91. The van der Waals surface area contributed by atoms with E-state index in [2.05, 4.69) is 10.3 Å². The van der Waals surface area contributed by atoms with Crippen molar-refractivity contribution in [2.24, 2.45) is 0 Å². The zero-order valence-corrected chi connectivity index (χ0v) is 9.55. The summed E-state index contributed by atoms with van der Waals surface area (Å²) in [7, 11) is 0. The van der Waals surface area contributed by atoms with E-state index in [4.69, 9.17) is 10.5 Å². The fourth-order valence-electron chi connectivity index (χ4n) is 1.24. The summed E-state index contributed by atoms with van der Waals surface area (Å²) in [6.07, 6.45) is 1.16. The van der Waals surface area contributed by atoms with Crippen LogP contribution in [0.25, 0.3) is 10.2 Å². The molecule has 18 heavy (non-hydrogen) atoms. The lowest BCUT2D eigenvalue weighted by molar-refractivity contribution is 0.591. The van der Waals surface area contributed by atoms with Gasteiger partial charge < -0.3 is 5.32 Å². The summed E-state index contributed by atoms with van der Waals surface area (Å²) in [6, 6.07) is 5.23. The first kappa shape index (κ1) is 12.0. The highest BCUT2D eigenvalue weighted by Crippen LogP contribution is 2.28. The van der Waals surface area contributed by atoms with Crippen LogP contribution in [0.1, 0.15) is 0 Å². The number of anilines is 1. The first-order chi connectivity index (χ1) is 8.63. The largest absolute Gasteiger partial charge is 0.336 e. The molecule has 1 aromatic carbocycles. The van der Waals surface area contributed by atoms with Crippen molar-refractivity contribution in [3.63, 3.8) is 0 Å². The molecule has 7 heteroatoms. The Labute approximate surface area is 104 Å². The summed E-state index contributed by atoms with van der Waals surface area (Å²) in [4.78, 5) is 3.90. The number of halogens is 2. The van der Waals surface area contributed by atoms with Crippen LogP contribution in [-0.4, -0.2) is 4.98 Å². The number of aromatic nitrogens is 1. The minimum Gasteiger partial charge on any atom is -0.336 e. The van der Waals surface area contributed by atoms with Crippen LogP contribution in [-0.2, 0) is 0 Å². The van der Waals surface area contributed by atoms with E-state index in [0.29, 0.717) is 4.70 Å². The second kappa shape index (κ2) is 4.78. The van der Waals surface area contributed by atoms with Crippen LogP contribution in [0.3, 0.4) is 0 Å². The molecule has 0 atom stereocenters. The number of nitrogens with zero attached hydrogens (tertiary/aromatic N) is 3. The highest BCUT2D eigenvalue weighted by atomic mass is 32.1. The molecule has 0 aliphatic carbocycles. The molecule has 2 aromatic rings. The number of nitrogens with one attached hydrogen (secondary N) is 1. The van der Waals surface area contributed by atoms with Gasteiger partial charge in [-0.05, 0) is 6.07 Å². The topological polar surface area (TPSA) is 72.5 Å². The molecule has 0 aliphatic rings. The Kier molecular flexibility index (Phi) is 3.18. The van der Waals surface area contributed by atoms with Gasteiger partial charge >= 0.3 is 0 Å². The van der Waals surface area contributed by atoms with Gasteiger partial charge in [-0.15, -0.1) is 0 Å². The SMILES string of the molecule is N#CC(C#N)=CNc1nc2c(F)cc(F)cc2s1. The van der Waals surface area contributed by atoms with Gasteiger partial charge in [0.1, 0.15) is 29.0 Å². The summed E-state index contributed by atoms with van der Waals surface area (Å²) in [6.45, 7) is 0. The van der Waals surface area contributed by atoms with E-state index < -0.39 is 11.6 Å². The Bertz CT molecular complexity index is 705. The summed E-state index contributed by atoms with van der Waals surface area (Å²) in [5.41, 5.74) is -0.0892. The highest BCUT2D eigenvalue weighted by molar-refractivity contribution is 7.22. The summed E-state index contributed by atoms with van der Waals surface area (Å²) in [5, 5.41) is 19.9. The number of benzene rings is 1. The predicted molar refractivity (Wildman–Crippen MR) is 62.5 cm³/mol. The van der Waals surface area contributed by atoms with Gasteiger partial charge in [0.25, 0.3) is 0 Å². The van der Waals surface area contributed by atoms with Gasteiger partial charge in [0.2, 0.25) is 0 Å². The number of fused-ring (bicyclic) bond motifs is 1. The molecule has 0 aliphatic heterocycles. The highest BCUT2D eigenvalue weighted by Gasteiger charge is 2.09. The number of thiazole rings is 1. The fourth-order valence-corrected chi connectivity index (χ4v) is 2.12. The van der Waals surface area contributed by atoms with Gasteiger partial charge in [-0.25, -0.2) is 13.8 Å². The third kappa shape index (κ3) is 2.26. The Hall–Kier alpha value is -2.51. The average Bonchev–Trinajstić information content (AvgIpc) is 2.73. The number of hydrogen-bond acceptors (Lipinski definition) is 5. The van der Waals surface area contributed by atoms with Gasteiger partial charge in [0, 0.05) is 12.3 Å². The molecular weight excluding hydrogens is 258 g/mol. The quantitative estimate of drug-likeness (QED) is 0.844. The molecule has 4 nitrogen and oxygen atoms in total. The Morgan fingerprint density at radius 1 is 1.33 bits per heavy atom. The minimum atomic E-state index is -0.751. The molecule has 0 saturated carbocycles. The van der Waals surface area contributed by atoms with E-state index in [1.165, 1.54) is 6.07 Å². The predicted octanol–water partition coefficient (Wildman–Crippen LogP) is 2.92. The number of rotatable bonds is 2. The molecular formula is C11H4F2N4S. The van der Waals surface area contributed by atoms with Crippen molar-refractivity contribution in [2.75, 3.05) is 5.32 Å². The maximum absolute atomic E-state index is 13.3. The van der Waals surface area contributed by atoms with Crippen LogP contribution >= 0.6 is 11.3 Å². The Morgan fingerprint density at radius 3 is 2.72 bits per heavy atom. The molecule has 0 unspecified atom stereocenters. The van der Waals surface area contributed by atoms with Gasteiger partial charge in [-0.1, -0.05) is 11.3 Å². The van der Waals surface area contributed by atoms with Gasteiger partial charge in [-0.3, -0.25) is 0 Å². The molecule has 0 fully saturated rings. The third-order valence-corrected chi connectivity index (χ3v) is 2.93. The molecule has 1 N–H and O–H groups in total. The standard InChI is InChI=1S/C11H4F2N4S/c12-7-1-8(13)10-9(2-7)18-11(17-10)16-5-6(3-14)4-15/h1-2,5H,(H,16,17). The van der Waals surface area contributed by atoms with Crippen LogP contribution in [0.15, 0.2) is 23.9 Å². The van der Waals surface area contributed by atoms with Crippen LogP contribution < -0.4 is 5.32 Å². The monoisotopic (exact) mass is 262 g/mol. The van der Waals surface area contributed by atoms with Crippen molar-refractivity contribution in [1.82, 2.24) is 4.98 Å². The second-order valence-electron chi connectivity index (χ2n) is 3.18. The number of hydrogen-bond donors (Lipinski definition) is 1. The fraction of sp³-hybridized carbons (Fsp3) is 0. The van der Waals surface area contributed by atoms with Crippen LogP contribution in [0.2, 0.25) is 0 Å². The Balaban J connectivity index is 2.38. The lowest BCUT2D eigenvalue weighted by atomic mass is 10.3. The normalized spacial score (nSPS) is 9.56. The Morgan fingerprint density at radius 2 is 2.06 bits per heavy atom. The van der Waals surface area contributed by atoms with Crippen molar-refractivity contribution in [3.8, 4) is 12.1 Å². The van der Waals surface area contributed by atoms with E-state index in [9.17, 15) is 8.78 Å². The first-order valence-electron chi connectivity index (χ1n) is 4.66. The van der Waals surface area contributed by atoms with E-state index in [0.717, 1.165) is 23.6 Å². The van der Waals surface area contributed by atoms with Crippen LogP contribution in [0, 0.1) is 34.3 Å². The third-order valence-electron chi connectivity index (χ3n) is 1.99. The van der Waals surface area contributed by atoms with Crippen molar-refractivity contribution in [2.45, 2.75) is 0 Å². The first-order valence-corrected chi connectivity index (χ1v) is 5.48. The molecule has 0 amide bonds. The maximum atomic E-state index is 13.3. The smallest absolute Gasteiger partial charge is 0.187 e. The summed E-state index contributed by atoms with van der Waals surface area (Å²) < 4.78 is 26.6. The van der Waals surface area contributed by atoms with Crippen molar-refractivity contribution in [3.05, 3.63) is 35.5 Å². The second-order valence-corrected chi connectivity index (χ2v) is 4.21. The van der Waals surface area contributed by atoms with E-state index in [-0.39, 0.29) is 16.2 Å². The molecule has 2 rings (SSSR count). The average molecular weight is 262 g/mol. The summed E-state index contributed by atoms with van der Waals surface area (Å²) in [5.74, 6) is -1.43. The molecule has 0 radical (unpaired) electrons. The minimum absolute atomic E-state index is 0.0489. The van der Waals surface area contributed by atoms with E-state index >= 15 is 0 Å². The van der Waals surface area contributed by atoms with Gasteiger partial charge in [0.05, 0.1) is 4.70 Å². The molecule has 0 saturated heterocycles. The molecule has 88 valence electrons. The molecule has 1 heterocycles. The van der Waals surface area contributed by atoms with Crippen LogP contribution in [0.4, 0.5) is 13.9 Å². The van der Waals surface area contributed by atoms with Crippen LogP contribution in [0.5, 0.6) is 0 Å². The number of allylic oxidation sites excluding steroid dienone is 1. The molecule has 1 aromatic heterocycles. The van der Waals surface area contributed by atoms with E-state index in [1.807, 2.05) is 0 Å². The van der Waals surface area contributed by atoms with Crippen molar-refractivity contribution < 1.29 is 8.78 Å². The molecule has 0 bridgehead atoms. The number of nitriles is 2. The van der Waals surface area contributed by atoms with Gasteiger partial charge in [0.15, 0.2) is 10.9 Å². The zero-order valence-electron chi connectivity index (χ0n) is 8.74. The zero-order chi connectivity index (χ0) is 13.1. The van der Waals surface area contributed by atoms with Crippen molar-refractivity contribution >= 4 is 26.7 Å². The van der Waals surface area contributed by atoms with Gasteiger partial charge in [-0.2, -0.15) is 10.5 Å².